The number of nitrogens with one attached hydrogen (secondary N) is 1. The highest BCUT2D eigenvalue weighted by atomic mass is 16.5. The molecule has 7 heteroatoms. The number of aromatic nitrogens is 2. The molecule has 3 aromatic rings. The van der Waals surface area contributed by atoms with Gasteiger partial charge < -0.3 is 19.7 Å². The van der Waals surface area contributed by atoms with Crippen molar-refractivity contribution in [3.63, 3.8) is 0 Å². The topological polar surface area (TPSA) is 76.6 Å². The fourth-order valence-corrected chi connectivity index (χ4v) is 3.74. The summed E-state index contributed by atoms with van der Waals surface area (Å²) in [4.78, 5) is 22.1. The molecular weight excluding hydrogens is 404 g/mol. The molecule has 1 aromatic heterocycles. The van der Waals surface area contributed by atoms with Gasteiger partial charge in [-0.3, -0.25) is 9.78 Å². The average Bonchev–Trinajstić information content (AvgIpc) is 2.82. The molecule has 1 fully saturated rings. The Labute approximate surface area is 188 Å². The normalized spacial score (nSPS) is 14.1. The van der Waals surface area contributed by atoms with Gasteiger partial charge in [0, 0.05) is 51.0 Å². The lowest BCUT2D eigenvalue weighted by Gasteiger charge is -2.23. The standard InChI is InChI=1S/C25H28N4O3/c1-29(2)25(30)19-3-6-22(7-4-19)32-23-8-5-21(28-24-17-26-11-12-27-24)16-20(23)15-18-9-13-31-14-10-18/h3-8,11-12,16-18H,9-10,13-15H2,1-2H3,(H,27,28). The second kappa shape index (κ2) is 10.2. The van der Waals surface area contributed by atoms with Gasteiger partial charge in [0.05, 0.1) is 6.20 Å². The smallest absolute Gasteiger partial charge is 0.253 e. The van der Waals surface area contributed by atoms with Gasteiger partial charge in [0.2, 0.25) is 0 Å². The van der Waals surface area contributed by atoms with Gasteiger partial charge in [-0.05, 0) is 73.2 Å². The van der Waals surface area contributed by atoms with E-state index >= 15 is 0 Å². The van der Waals surface area contributed by atoms with Crippen LogP contribution in [0.15, 0.2) is 61.1 Å². The van der Waals surface area contributed by atoms with E-state index in [0.29, 0.717) is 23.0 Å². The Balaban J connectivity index is 1.56. The Bertz CT molecular complexity index is 1030. The highest BCUT2D eigenvalue weighted by molar-refractivity contribution is 5.93. The average molecular weight is 433 g/mol. The quantitative estimate of drug-likeness (QED) is 0.584. The molecule has 1 saturated heterocycles. The van der Waals surface area contributed by atoms with Crippen molar-refractivity contribution in [2.45, 2.75) is 19.3 Å². The van der Waals surface area contributed by atoms with Crippen molar-refractivity contribution in [1.82, 2.24) is 14.9 Å². The lowest BCUT2D eigenvalue weighted by Crippen LogP contribution is -2.21. The molecule has 0 aliphatic carbocycles. The van der Waals surface area contributed by atoms with E-state index in [1.54, 1.807) is 49.7 Å². The Morgan fingerprint density at radius 1 is 1.12 bits per heavy atom. The maximum atomic E-state index is 12.1. The van der Waals surface area contributed by atoms with Gasteiger partial charge in [0.25, 0.3) is 5.91 Å². The molecule has 2 heterocycles. The lowest BCUT2D eigenvalue weighted by molar-refractivity contribution is 0.0664. The third kappa shape index (κ3) is 5.62. The number of hydrogen-bond donors (Lipinski definition) is 1. The van der Waals surface area contributed by atoms with Gasteiger partial charge in [0.1, 0.15) is 17.3 Å². The Morgan fingerprint density at radius 3 is 2.59 bits per heavy atom. The van der Waals surface area contributed by atoms with Gasteiger partial charge in [0.15, 0.2) is 0 Å². The highest BCUT2D eigenvalue weighted by Gasteiger charge is 2.18. The van der Waals surface area contributed by atoms with Crippen molar-refractivity contribution in [3.8, 4) is 11.5 Å². The number of anilines is 2. The maximum Gasteiger partial charge on any atom is 0.253 e. The number of hydrogen-bond acceptors (Lipinski definition) is 6. The summed E-state index contributed by atoms with van der Waals surface area (Å²) < 4.78 is 11.8. The van der Waals surface area contributed by atoms with E-state index in [-0.39, 0.29) is 5.91 Å². The van der Waals surface area contributed by atoms with Crippen LogP contribution >= 0.6 is 0 Å². The van der Waals surface area contributed by atoms with Crippen LogP contribution < -0.4 is 10.1 Å². The second-order valence-electron chi connectivity index (χ2n) is 8.12. The number of ether oxygens (including phenoxy) is 2. The van der Waals surface area contributed by atoms with Crippen molar-refractivity contribution < 1.29 is 14.3 Å². The van der Waals surface area contributed by atoms with Crippen molar-refractivity contribution in [1.29, 1.82) is 0 Å². The summed E-state index contributed by atoms with van der Waals surface area (Å²) in [6.07, 6.45) is 8.00. The van der Waals surface area contributed by atoms with Gasteiger partial charge >= 0.3 is 0 Å². The van der Waals surface area contributed by atoms with Crippen molar-refractivity contribution in [3.05, 3.63) is 72.2 Å². The van der Waals surface area contributed by atoms with E-state index < -0.39 is 0 Å². The zero-order chi connectivity index (χ0) is 22.3. The van der Waals surface area contributed by atoms with E-state index in [2.05, 4.69) is 21.4 Å². The molecule has 32 heavy (non-hydrogen) atoms. The summed E-state index contributed by atoms with van der Waals surface area (Å²) in [5.41, 5.74) is 2.69. The minimum atomic E-state index is -0.0313. The molecule has 0 saturated carbocycles. The van der Waals surface area contributed by atoms with Gasteiger partial charge in [-0.15, -0.1) is 0 Å². The lowest BCUT2D eigenvalue weighted by atomic mass is 9.92. The van der Waals surface area contributed by atoms with E-state index in [1.807, 2.05) is 24.3 Å². The summed E-state index contributed by atoms with van der Waals surface area (Å²) in [6.45, 7) is 1.61. The highest BCUT2D eigenvalue weighted by Crippen LogP contribution is 2.32. The predicted octanol–water partition coefficient (Wildman–Crippen LogP) is 4.68. The molecule has 1 aliphatic heterocycles. The molecule has 0 unspecified atom stereocenters. The Morgan fingerprint density at radius 2 is 1.91 bits per heavy atom. The van der Waals surface area contributed by atoms with Crippen LogP contribution in [0.3, 0.4) is 0 Å². The molecule has 0 atom stereocenters. The summed E-state index contributed by atoms with van der Waals surface area (Å²) in [6, 6.07) is 13.3. The summed E-state index contributed by atoms with van der Waals surface area (Å²) in [5.74, 6) is 2.73. The van der Waals surface area contributed by atoms with E-state index in [4.69, 9.17) is 9.47 Å². The van der Waals surface area contributed by atoms with Crippen molar-refractivity contribution in [2.75, 3.05) is 32.6 Å². The molecule has 7 nitrogen and oxygen atoms in total. The zero-order valence-electron chi connectivity index (χ0n) is 18.5. The largest absolute Gasteiger partial charge is 0.457 e. The summed E-state index contributed by atoms with van der Waals surface area (Å²) >= 11 is 0. The monoisotopic (exact) mass is 432 g/mol. The van der Waals surface area contributed by atoms with Crippen LogP contribution in [-0.4, -0.2) is 48.1 Å². The minimum Gasteiger partial charge on any atom is -0.457 e. The molecule has 2 aromatic carbocycles. The van der Waals surface area contributed by atoms with Crippen molar-refractivity contribution >= 4 is 17.4 Å². The van der Waals surface area contributed by atoms with Crippen molar-refractivity contribution in [2.24, 2.45) is 5.92 Å². The van der Waals surface area contributed by atoms with E-state index in [9.17, 15) is 4.79 Å². The van der Waals surface area contributed by atoms with E-state index in [1.165, 1.54) is 0 Å². The van der Waals surface area contributed by atoms with Crippen LogP contribution in [0.5, 0.6) is 11.5 Å². The third-order valence-corrected chi connectivity index (χ3v) is 5.48. The number of amides is 1. The number of carbonyl (C=O) groups is 1. The van der Waals surface area contributed by atoms with E-state index in [0.717, 1.165) is 49.5 Å². The van der Waals surface area contributed by atoms with Crippen LogP contribution in [0.25, 0.3) is 0 Å². The molecule has 1 aliphatic rings. The fraction of sp³-hybridized carbons (Fsp3) is 0.320. The molecule has 0 radical (unpaired) electrons. The molecule has 0 bridgehead atoms. The SMILES string of the molecule is CN(C)C(=O)c1ccc(Oc2ccc(Nc3cnccn3)cc2CC2CCOCC2)cc1. The summed E-state index contributed by atoms with van der Waals surface area (Å²) in [5, 5.41) is 3.31. The molecule has 0 spiro atoms. The second-order valence-corrected chi connectivity index (χ2v) is 8.12. The van der Waals surface area contributed by atoms with Crippen LogP contribution in [-0.2, 0) is 11.2 Å². The van der Waals surface area contributed by atoms with Gasteiger partial charge in [-0.25, -0.2) is 4.98 Å². The predicted molar refractivity (Wildman–Crippen MR) is 124 cm³/mol. The Hall–Kier alpha value is -3.45. The molecule has 1 amide bonds. The minimum absolute atomic E-state index is 0.0313. The maximum absolute atomic E-state index is 12.1. The molecule has 4 rings (SSSR count). The number of rotatable bonds is 7. The first kappa shape index (κ1) is 21.8. The van der Waals surface area contributed by atoms with Gasteiger partial charge in [-0.1, -0.05) is 0 Å². The first-order chi connectivity index (χ1) is 15.6. The first-order valence-corrected chi connectivity index (χ1v) is 10.8. The molecule has 1 N–H and O–H groups in total. The molecular formula is C25H28N4O3. The van der Waals surface area contributed by atoms with Crippen LogP contribution in [0.4, 0.5) is 11.5 Å². The van der Waals surface area contributed by atoms with Crippen LogP contribution in [0.1, 0.15) is 28.8 Å². The van der Waals surface area contributed by atoms with Crippen LogP contribution in [0.2, 0.25) is 0 Å². The summed E-state index contributed by atoms with van der Waals surface area (Å²) in [7, 11) is 3.48. The van der Waals surface area contributed by atoms with Crippen LogP contribution in [0, 0.1) is 5.92 Å². The first-order valence-electron chi connectivity index (χ1n) is 10.8. The van der Waals surface area contributed by atoms with Gasteiger partial charge in [-0.2, -0.15) is 0 Å². The molecule has 166 valence electrons. The number of nitrogens with zero attached hydrogens (tertiary/aromatic N) is 3. The third-order valence-electron chi connectivity index (χ3n) is 5.48. The number of carbonyl (C=O) groups excluding carboxylic acids is 1. The number of benzene rings is 2. The Kier molecular flexibility index (Phi) is 6.97. The zero-order valence-corrected chi connectivity index (χ0v) is 18.5. The fourth-order valence-electron chi connectivity index (χ4n) is 3.74.